The number of benzene rings is 1. The Hall–Kier alpha value is -1.55. The molecule has 2 rings (SSSR count). The quantitative estimate of drug-likeness (QED) is 0.776. The predicted molar refractivity (Wildman–Crippen MR) is 69.0 cm³/mol. The topological polar surface area (TPSA) is 28.7 Å². The third kappa shape index (κ3) is 2.26. The Bertz CT molecular complexity index is 632. The summed E-state index contributed by atoms with van der Waals surface area (Å²) in [5.74, 6) is 0.374. The van der Waals surface area contributed by atoms with E-state index in [0.717, 1.165) is 11.3 Å². The number of aryl methyl sites for hydroxylation is 2. The van der Waals surface area contributed by atoms with Crippen LogP contribution in [0, 0.1) is 31.2 Å². The molecule has 88 valence electrons. The van der Waals surface area contributed by atoms with E-state index in [9.17, 15) is 4.39 Å². The van der Waals surface area contributed by atoms with Crippen molar-refractivity contribution in [2.24, 2.45) is 0 Å². The summed E-state index contributed by atoms with van der Waals surface area (Å²) in [6.07, 6.45) is 0. The first-order valence-corrected chi connectivity index (χ1v) is 5.74. The summed E-state index contributed by atoms with van der Waals surface area (Å²) < 4.78 is 14.0. The van der Waals surface area contributed by atoms with E-state index in [1.807, 2.05) is 19.9 Å². The van der Waals surface area contributed by atoms with E-state index < -0.39 is 0 Å². The van der Waals surface area contributed by atoms with E-state index >= 15 is 0 Å². The van der Waals surface area contributed by atoms with Gasteiger partial charge in [0.1, 0.15) is 16.3 Å². The Morgan fingerprint density at radius 1 is 1.24 bits per heavy atom. The molecule has 1 aromatic heterocycles. The molecule has 2 nitrogen and oxygen atoms in total. The minimum Gasteiger partial charge on any atom is -0.343 e. The normalized spacial score (nSPS) is 10.6. The second-order valence-corrected chi connectivity index (χ2v) is 4.49. The number of hydrogen-bond donors (Lipinski definition) is 1. The third-order valence-corrected chi connectivity index (χ3v) is 3.25. The number of nitrogens with one attached hydrogen (secondary N) is 1. The first kappa shape index (κ1) is 11.9. The van der Waals surface area contributed by atoms with Gasteiger partial charge in [-0.1, -0.05) is 24.4 Å². The minimum atomic E-state index is -0.234. The van der Waals surface area contributed by atoms with Crippen molar-refractivity contribution in [3.8, 4) is 11.4 Å². The largest absolute Gasteiger partial charge is 0.343 e. The zero-order valence-electron chi connectivity index (χ0n) is 9.97. The van der Waals surface area contributed by atoms with E-state index in [-0.39, 0.29) is 5.82 Å². The van der Waals surface area contributed by atoms with Crippen molar-refractivity contribution in [2.45, 2.75) is 20.8 Å². The van der Waals surface area contributed by atoms with Crippen LogP contribution in [0.1, 0.15) is 16.8 Å². The van der Waals surface area contributed by atoms with Crippen molar-refractivity contribution in [3.05, 3.63) is 45.5 Å². The second-order valence-electron chi connectivity index (χ2n) is 4.10. The zero-order valence-corrected chi connectivity index (χ0v) is 10.8. The summed E-state index contributed by atoms with van der Waals surface area (Å²) in [6.45, 7) is 5.58. The third-order valence-electron chi connectivity index (χ3n) is 2.85. The molecule has 0 aliphatic heterocycles. The highest BCUT2D eigenvalue weighted by molar-refractivity contribution is 7.71. The van der Waals surface area contributed by atoms with Crippen molar-refractivity contribution in [1.29, 1.82) is 0 Å². The van der Waals surface area contributed by atoms with Crippen molar-refractivity contribution < 1.29 is 4.39 Å². The fourth-order valence-corrected chi connectivity index (χ4v) is 1.77. The number of rotatable bonds is 1. The van der Waals surface area contributed by atoms with E-state index in [1.54, 1.807) is 13.0 Å². The average Bonchev–Trinajstić information content (AvgIpc) is 2.29. The monoisotopic (exact) mass is 248 g/mol. The van der Waals surface area contributed by atoms with Gasteiger partial charge in [-0.05, 0) is 32.4 Å². The zero-order chi connectivity index (χ0) is 12.6. The van der Waals surface area contributed by atoms with Gasteiger partial charge in [-0.2, -0.15) is 0 Å². The highest BCUT2D eigenvalue weighted by atomic mass is 32.1. The first-order valence-electron chi connectivity index (χ1n) is 5.33. The Morgan fingerprint density at radius 3 is 2.53 bits per heavy atom. The molecule has 1 aromatic carbocycles. The van der Waals surface area contributed by atoms with Crippen LogP contribution in [0.25, 0.3) is 11.4 Å². The fourth-order valence-electron chi connectivity index (χ4n) is 1.52. The Labute approximate surface area is 105 Å². The van der Waals surface area contributed by atoms with Crippen LogP contribution in [-0.4, -0.2) is 9.97 Å². The molecule has 0 saturated carbocycles. The molecule has 0 aliphatic carbocycles. The molecule has 17 heavy (non-hydrogen) atoms. The van der Waals surface area contributed by atoms with Crippen LogP contribution in [0.15, 0.2) is 18.2 Å². The SMILES string of the molecule is Cc1ccc(-c2nc(=S)c(C)c(C)[nH]2)cc1F. The highest BCUT2D eigenvalue weighted by Crippen LogP contribution is 2.19. The van der Waals surface area contributed by atoms with E-state index in [4.69, 9.17) is 12.2 Å². The molecule has 4 heteroatoms. The van der Waals surface area contributed by atoms with Gasteiger partial charge in [-0.15, -0.1) is 0 Å². The summed E-state index contributed by atoms with van der Waals surface area (Å²) in [5, 5.41) is 0. The Balaban J connectivity index is 2.61. The van der Waals surface area contributed by atoms with Crippen LogP contribution in [0.4, 0.5) is 4.39 Å². The molecule has 0 amide bonds. The van der Waals surface area contributed by atoms with E-state index in [1.165, 1.54) is 6.07 Å². The van der Waals surface area contributed by atoms with Crippen LogP contribution >= 0.6 is 12.2 Å². The number of nitrogens with zero attached hydrogens (tertiary/aromatic N) is 1. The lowest BCUT2D eigenvalue weighted by Crippen LogP contribution is -1.97. The van der Waals surface area contributed by atoms with Gasteiger partial charge in [0.25, 0.3) is 0 Å². The van der Waals surface area contributed by atoms with Gasteiger partial charge in [-0.3, -0.25) is 0 Å². The number of aromatic nitrogens is 2. The lowest BCUT2D eigenvalue weighted by molar-refractivity contribution is 0.619. The number of hydrogen-bond acceptors (Lipinski definition) is 2. The van der Waals surface area contributed by atoms with E-state index in [2.05, 4.69) is 9.97 Å². The van der Waals surface area contributed by atoms with Crippen molar-refractivity contribution >= 4 is 12.2 Å². The van der Waals surface area contributed by atoms with Gasteiger partial charge < -0.3 is 4.98 Å². The molecule has 2 aromatic rings. The van der Waals surface area contributed by atoms with Crippen LogP contribution in [-0.2, 0) is 0 Å². The van der Waals surface area contributed by atoms with Crippen LogP contribution < -0.4 is 0 Å². The predicted octanol–water partition coefficient (Wildman–Crippen LogP) is 3.87. The Kier molecular flexibility index (Phi) is 3.07. The number of H-pyrrole nitrogens is 1. The van der Waals surface area contributed by atoms with Gasteiger partial charge in [-0.25, -0.2) is 9.37 Å². The summed E-state index contributed by atoms with van der Waals surface area (Å²) in [4.78, 5) is 7.40. The van der Waals surface area contributed by atoms with Gasteiger partial charge >= 0.3 is 0 Å². The van der Waals surface area contributed by atoms with E-state index in [0.29, 0.717) is 21.6 Å². The molecule has 0 saturated heterocycles. The molecule has 1 N–H and O–H groups in total. The Morgan fingerprint density at radius 2 is 1.94 bits per heavy atom. The smallest absolute Gasteiger partial charge is 0.139 e. The minimum absolute atomic E-state index is 0.234. The molecule has 0 aliphatic rings. The molecular weight excluding hydrogens is 235 g/mol. The average molecular weight is 248 g/mol. The van der Waals surface area contributed by atoms with Crippen molar-refractivity contribution in [3.63, 3.8) is 0 Å². The van der Waals surface area contributed by atoms with Crippen molar-refractivity contribution in [1.82, 2.24) is 9.97 Å². The first-order chi connectivity index (χ1) is 7.99. The molecule has 0 spiro atoms. The van der Waals surface area contributed by atoms with Gasteiger partial charge in [0.05, 0.1) is 0 Å². The van der Waals surface area contributed by atoms with Crippen LogP contribution in [0.5, 0.6) is 0 Å². The second kappa shape index (κ2) is 4.37. The molecular formula is C13H13FN2S. The standard InChI is InChI=1S/C13H13FN2S/c1-7-4-5-10(6-11(7)14)12-15-9(3)8(2)13(17)16-12/h4-6H,1-3H3,(H,15,16,17). The summed E-state index contributed by atoms with van der Waals surface area (Å²) >= 11 is 5.16. The number of aromatic amines is 1. The lowest BCUT2D eigenvalue weighted by Gasteiger charge is -2.06. The fraction of sp³-hybridized carbons (Fsp3) is 0.231. The lowest BCUT2D eigenvalue weighted by atomic mass is 10.1. The summed E-state index contributed by atoms with van der Waals surface area (Å²) in [5.41, 5.74) is 3.25. The molecule has 0 unspecified atom stereocenters. The maximum atomic E-state index is 13.5. The molecule has 0 radical (unpaired) electrons. The molecule has 0 fully saturated rings. The van der Waals surface area contributed by atoms with Crippen LogP contribution in [0.2, 0.25) is 0 Å². The van der Waals surface area contributed by atoms with Gasteiger partial charge in [0.2, 0.25) is 0 Å². The highest BCUT2D eigenvalue weighted by Gasteiger charge is 2.06. The summed E-state index contributed by atoms with van der Waals surface area (Å²) in [7, 11) is 0. The molecule has 0 atom stereocenters. The summed E-state index contributed by atoms with van der Waals surface area (Å²) in [6, 6.07) is 5.04. The molecule has 1 heterocycles. The maximum absolute atomic E-state index is 13.5. The number of halogens is 1. The van der Waals surface area contributed by atoms with Gasteiger partial charge in [0, 0.05) is 16.8 Å². The molecule has 0 bridgehead atoms. The van der Waals surface area contributed by atoms with Crippen molar-refractivity contribution in [2.75, 3.05) is 0 Å². The van der Waals surface area contributed by atoms with Gasteiger partial charge in [0.15, 0.2) is 0 Å². The van der Waals surface area contributed by atoms with Crippen LogP contribution in [0.3, 0.4) is 0 Å². The maximum Gasteiger partial charge on any atom is 0.139 e.